The second-order valence-corrected chi connectivity index (χ2v) is 2.28. The average Bonchev–Trinajstić information content (AvgIpc) is 1.99. The van der Waals surface area contributed by atoms with E-state index in [1.807, 2.05) is 0 Å². The van der Waals surface area contributed by atoms with Gasteiger partial charge >= 0.3 is 6.01 Å². The molecule has 0 bridgehead atoms. The van der Waals surface area contributed by atoms with E-state index in [0.29, 0.717) is 0 Å². The third-order valence-electron chi connectivity index (χ3n) is 0.826. The Bertz CT molecular complexity index is 303. The fraction of sp³-hybridized carbons (Fsp3) is 0.200. The van der Waals surface area contributed by atoms with Gasteiger partial charge in [-0.15, -0.1) is 0 Å². The highest BCUT2D eigenvalue weighted by molar-refractivity contribution is 6.31. The number of ether oxygens (including phenoxy) is 1. The van der Waals surface area contributed by atoms with E-state index in [1.54, 1.807) is 6.07 Å². The van der Waals surface area contributed by atoms with Crippen molar-refractivity contribution in [3.8, 4) is 12.1 Å². The first-order valence-electron chi connectivity index (χ1n) is 2.79. The van der Waals surface area contributed by atoms with Crippen LogP contribution in [0.2, 0.25) is 10.6 Å². The van der Waals surface area contributed by atoms with Crippen molar-refractivity contribution in [2.45, 2.75) is 0 Å². The van der Waals surface area contributed by atoms with Crippen molar-refractivity contribution in [2.24, 2.45) is 0 Å². The number of hydrogen-bond donors (Lipinski definition) is 0. The van der Waals surface area contributed by atoms with Gasteiger partial charge < -0.3 is 4.74 Å². The summed E-state index contributed by atoms with van der Waals surface area (Å²) >= 11 is 10.8. The Hall–Kier alpha value is -1.12. The van der Waals surface area contributed by atoms with Crippen LogP contribution < -0.4 is 4.74 Å². The number of nitrogens with zero attached hydrogens (tertiary/aromatic N) is 4. The van der Waals surface area contributed by atoms with Gasteiger partial charge in [0, 0.05) is 0 Å². The smallest absolute Gasteiger partial charge is 0.323 e. The highest BCUT2D eigenvalue weighted by Gasteiger charge is 2.02. The Labute approximate surface area is 77.9 Å². The van der Waals surface area contributed by atoms with Gasteiger partial charge in [-0.05, 0) is 23.2 Å². The number of nitriles is 1. The first kappa shape index (κ1) is 8.97. The Morgan fingerprint density at radius 2 is 1.83 bits per heavy atom. The lowest BCUT2D eigenvalue weighted by molar-refractivity contribution is 0.336. The van der Waals surface area contributed by atoms with E-state index in [2.05, 4.69) is 15.0 Å². The maximum atomic E-state index is 8.15. The van der Waals surface area contributed by atoms with Gasteiger partial charge in [-0.25, -0.2) is 0 Å². The zero-order chi connectivity index (χ0) is 8.97. The molecule has 62 valence electrons. The van der Waals surface area contributed by atoms with Crippen molar-refractivity contribution in [3.63, 3.8) is 0 Å². The summed E-state index contributed by atoms with van der Waals surface area (Å²) in [7, 11) is 0. The van der Waals surface area contributed by atoms with Crippen LogP contribution in [0.1, 0.15) is 0 Å². The molecule has 7 heteroatoms. The lowest BCUT2D eigenvalue weighted by Crippen LogP contribution is -2.00. The molecule has 0 saturated heterocycles. The molecule has 0 aliphatic heterocycles. The molecule has 0 aliphatic rings. The van der Waals surface area contributed by atoms with Crippen molar-refractivity contribution < 1.29 is 4.74 Å². The van der Waals surface area contributed by atoms with Gasteiger partial charge in [-0.2, -0.15) is 20.2 Å². The van der Waals surface area contributed by atoms with Gasteiger partial charge in [-0.3, -0.25) is 0 Å². The van der Waals surface area contributed by atoms with Gasteiger partial charge in [0.1, 0.15) is 6.07 Å². The fourth-order valence-corrected chi connectivity index (χ4v) is 0.818. The summed E-state index contributed by atoms with van der Waals surface area (Å²) in [6.45, 7) is -0.156. The number of rotatable bonds is 2. The maximum Gasteiger partial charge on any atom is 0.323 e. The molecular formula is C5H2Cl2N4O. The molecule has 0 N–H and O–H groups in total. The summed E-state index contributed by atoms with van der Waals surface area (Å²) in [5.74, 6) is 0. The largest absolute Gasteiger partial charge is 0.448 e. The second-order valence-electron chi connectivity index (χ2n) is 1.60. The van der Waals surface area contributed by atoms with Gasteiger partial charge in [-0.1, -0.05) is 0 Å². The molecule has 0 saturated carbocycles. The first-order chi connectivity index (χ1) is 5.72. The molecule has 0 radical (unpaired) electrons. The van der Waals surface area contributed by atoms with Crippen LogP contribution in [0.3, 0.4) is 0 Å². The summed E-state index contributed by atoms with van der Waals surface area (Å²) in [6, 6.07) is 1.69. The molecule has 1 aromatic rings. The highest BCUT2D eigenvalue weighted by Crippen LogP contribution is 2.10. The number of aromatic nitrogens is 3. The predicted molar refractivity (Wildman–Crippen MR) is 41.0 cm³/mol. The molecule has 0 aromatic carbocycles. The van der Waals surface area contributed by atoms with Crippen molar-refractivity contribution in [3.05, 3.63) is 10.6 Å². The minimum Gasteiger partial charge on any atom is -0.448 e. The summed E-state index contributed by atoms with van der Waals surface area (Å²) in [6.07, 6.45) is 0. The molecule has 0 aliphatic carbocycles. The Kier molecular flexibility index (Phi) is 3.02. The molecule has 0 amide bonds. The van der Waals surface area contributed by atoms with Crippen molar-refractivity contribution in [1.82, 2.24) is 15.0 Å². The van der Waals surface area contributed by atoms with E-state index in [-0.39, 0.29) is 23.2 Å². The summed E-state index contributed by atoms with van der Waals surface area (Å²) in [4.78, 5) is 10.6. The monoisotopic (exact) mass is 204 g/mol. The van der Waals surface area contributed by atoms with Crippen LogP contribution in [0.4, 0.5) is 0 Å². The lowest BCUT2D eigenvalue weighted by Gasteiger charge is -1.98. The minimum absolute atomic E-state index is 0.0541. The molecule has 0 unspecified atom stereocenters. The first-order valence-corrected chi connectivity index (χ1v) is 3.55. The summed E-state index contributed by atoms with van der Waals surface area (Å²) in [5.41, 5.74) is 0. The summed E-state index contributed by atoms with van der Waals surface area (Å²) in [5, 5.41) is 8.02. The fourth-order valence-electron chi connectivity index (χ4n) is 0.470. The van der Waals surface area contributed by atoms with E-state index in [4.69, 9.17) is 33.2 Å². The Morgan fingerprint density at radius 1 is 1.25 bits per heavy atom. The van der Waals surface area contributed by atoms with Gasteiger partial charge in [0.05, 0.1) is 0 Å². The van der Waals surface area contributed by atoms with Crippen LogP contribution in [0.15, 0.2) is 0 Å². The van der Waals surface area contributed by atoms with E-state index < -0.39 is 0 Å². The van der Waals surface area contributed by atoms with Crippen LogP contribution in [0.5, 0.6) is 6.01 Å². The second kappa shape index (κ2) is 4.04. The molecule has 0 atom stereocenters. The summed E-state index contributed by atoms with van der Waals surface area (Å²) < 4.78 is 4.72. The van der Waals surface area contributed by atoms with Crippen LogP contribution in [-0.2, 0) is 0 Å². The van der Waals surface area contributed by atoms with E-state index in [9.17, 15) is 0 Å². The van der Waals surface area contributed by atoms with E-state index >= 15 is 0 Å². The molecule has 12 heavy (non-hydrogen) atoms. The quantitative estimate of drug-likeness (QED) is 0.722. The predicted octanol–water partition coefficient (Wildman–Crippen LogP) is 1.08. The third-order valence-corrected chi connectivity index (χ3v) is 1.16. The zero-order valence-corrected chi connectivity index (χ0v) is 7.17. The van der Waals surface area contributed by atoms with Crippen LogP contribution in [0.25, 0.3) is 0 Å². The van der Waals surface area contributed by atoms with Crippen molar-refractivity contribution >= 4 is 23.2 Å². The number of halogens is 2. The normalized spacial score (nSPS) is 9.08. The van der Waals surface area contributed by atoms with Gasteiger partial charge in [0.2, 0.25) is 10.6 Å². The standard InChI is InChI=1S/C5H2Cl2N4O/c6-3-9-4(7)11-5(10-3)12-2-1-8/h2H2. The Morgan fingerprint density at radius 3 is 2.33 bits per heavy atom. The molecule has 1 rings (SSSR count). The lowest BCUT2D eigenvalue weighted by atomic mass is 10.8. The third kappa shape index (κ3) is 2.49. The topological polar surface area (TPSA) is 71.7 Å². The molecule has 5 nitrogen and oxygen atoms in total. The Balaban J connectivity index is 2.80. The van der Waals surface area contributed by atoms with E-state index in [0.717, 1.165) is 0 Å². The highest BCUT2D eigenvalue weighted by atomic mass is 35.5. The molecule has 0 spiro atoms. The number of hydrogen-bond acceptors (Lipinski definition) is 5. The molecule has 1 aromatic heterocycles. The molecule has 1 heterocycles. The van der Waals surface area contributed by atoms with Crippen LogP contribution in [0, 0.1) is 11.3 Å². The van der Waals surface area contributed by atoms with Crippen molar-refractivity contribution in [2.75, 3.05) is 6.61 Å². The maximum absolute atomic E-state index is 8.15. The van der Waals surface area contributed by atoms with E-state index in [1.165, 1.54) is 0 Å². The van der Waals surface area contributed by atoms with Gasteiger partial charge in [0.15, 0.2) is 6.61 Å². The van der Waals surface area contributed by atoms with Gasteiger partial charge in [0.25, 0.3) is 0 Å². The van der Waals surface area contributed by atoms with Crippen LogP contribution in [-0.4, -0.2) is 21.6 Å². The SMILES string of the molecule is N#CCOc1nc(Cl)nc(Cl)n1. The molecular weight excluding hydrogens is 203 g/mol. The molecule has 0 fully saturated rings. The average molecular weight is 205 g/mol. The van der Waals surface area contributed by atoms with Crippen LogP contribution >= 0.6 is 23.2 Å². The van der Waals surface area contributed by atoms with Crippen molar-refractivity contribution in [1.29, 1.82) is 5.26 Å². The minimum atomic E-state index is -0.156. The zero-order valence-electron chi connectivity index (χ0n) is 5.66.